The van der Waals surface area contributed by atoms with Crippen LogP contribution in [0, 0.1) is 11.3 Å². The van der Waals surface area contributed by atoms with E-state index in [1.807, 2.05) is 12.1 Å². The molecule has 0 amide bonds. The first-order valence-electron chi connectivity index (χ1n) is 5.98. The van der Waals surface area contributed by atoms with Gasteiger partial charge in [-0.05, 0) is 31.0 Å². The van der Waals surface area contributed by atoms with Crippen LogP contribution in [0.5, 0.6) is 5.75 Å². The quantitative estimate of drug-likeness (QED) is 0.820. The zero-order valence-electron chi connectivity index (χ0n) is 10.7. The van der Waals surface area contributed by atoms with Gasteiger partial charge in [0, 0.05) is 12.1 Å². The Kier molecular flexibility index (Phi) is 5.51. The van der Waals surface area contributed by atoms with Crippen molar-refractivity contribution in [1.82, 2.24) is 5.32 Å². The van der Waals surface area contributed by atoms with Gasteiger partial charge in [0.15, 0.2) is 0 Å². The lowest BCUT2D eigenvalue weighted by molar-refractivity contribution is 0.413. The van der Waals surface area contributed by atoms with Gasteiger partial charge in [-0.2, -0.15) is 5.26 Å². The van der Waals surface area contributed by atoms with Crippen molar-refractivity contribution in [3.63, 3.8) is 0 Å². The Balaban J connectivity index is 2.62. The summed E-state index contributed by atoms with van der Waals surface area (Å²) in [5.41, 5.74) is 1.21. The van der Waals surface area contributed by atoms with Crippen molar-refractivity contribution < 1.29 is 4.74 Å². The number of methoxy groups -OCH3 is 1. The third kappa shape index (κ3) is 4.08. The molecule has 0 aliphatic heterocycles. The number of hydrogen-bond donors (Lipinski definition) is 1. The lowest BCUT2D eigenvalue weighted by Gasteiger charge is -2.20. The van der Waals surface area contributed by atoms with Gasteiger partial charge in [-0.15, -0.1) is 0 Å². The van der Waals surface area contributed by atoms with Crippen molar-refractivity contribution in [2.75, 3.05) is 7.11 Å². The molecule has 2 atom stereocenters. The topological polar surface area (TPSA) is 45.0 Å². The first kappa shape index (κ1) is 13.5. The number of ether oxygens (including phenoxy) is 1. The highest BCUT2D eigenvalue weighted by atomic mass is 16.5. The Hall–Kier alpha value is -1.53. The van der Waals surface area contributed by atoms with Gasteiger partial charge in [0.1, 0.15) is 5.75 Å². The van der Waals surface area contributed by atoms with Crippen molar-refractivity contribution >= 4 is 0 Å². The summed E-state index contributed by atoms with van der Waals surface area (Å²) in [6.07, 6.45) is 1.52. The van der Waals surface area contributed by atoms with E-state index in [0.717, 1.165) is 12.2 Å². The van der Waals surface area contributed by atoms with Crippen LogP contribution in [0.4, 0.5) is 0 Å². The summed E-state index contributed by atoms with van der Waals surface area (Å²) < 4.78 is 5.13. The molecule has 2 unspecified atom stereocenters. The van der Waals surface area contributed by atoms with E-state index in [0.29, 0.717) is 6.42 Å². The Morgan fingerprint density at radius 2 is 2.00 bits per heavy atom. The van der Waals surface area contributed by atoms with Crippen molar-refractivity contribution in [2.24, 2.45) is 0 Å². The van der Waals surface area contributed by atoms with Gasteiger partial charge in [0.25, 0.3) is 0 Å². The second-order valence-electron chi connectivity index (χ2n) is 4.13. The first-order chi connectivity index (χ1) is 8.21. The highest BCUT2D eigenvalue weighted by Gasteiger charge is 2.11. The number of hydrogen-bond acceptors (Lipinski definition) is 3. The largest absolute Gasteiger partial charge is 0.497 e. The Bertz CT molecular complexity index is 367. The third-order valence-corrected chi connectivity index (χ3v) is 2.93. The SMILES string of the molecule is CCC(CC#N)NC(C)c1ccc(OC)cc1. The maximum absolute atomic E-state index is 8.71. The van der Waals surface area contributed by atoms with Gasteiger partial charge in [0.2, 0.25) is 0 Å². The van der Waals surface area contributed by atoms with E-state index in [-0.39, 0.29) is 12.1 Å². The van der Waals surface area contributed by atoms with E-state index in [1.54, 1.807) is 7.11 Å². The normalized spacial score (nSPS) is 13.8. The molecule has 1 aromatic rings. The Morgan fingerprint density at radius 1 is 1.35 bits per heavy atom. The molecule has 0 heterocycles. The first-order valence-corrected chi connectivity index (χ1v) is 5.98. The molecule has 0 fully saturated rings. The Labute approximate surface area is 103 Å². The molecule has 3 heteroatoms. The van der Waals surface area contributed by atoms with Crippen LogP contribution in [-0.4, -0.2) is 13.2 Å². The number of nitrogens with zero attached hydrogens (tertiary/aromatic N) is 1. The molecular formula is C14H20N2O. The molecule has 3 nitrogen and oxygen atoms in total. The summed E-state index contributed by atoms with van der Waals surface area (Å²) in [6.45, 7) is 4.21. The lowest BCUT2D eigenvalue weighted by atomic mass is 10.1. The maximum Gasteiger partial charge on any atom is 0.118 e. The fourth-order valence-corrected chi connectivity index (χ4v) is 1.77. The molecule has 0 saturated heterocycles. The molecule has 0 radical (unpaired) electrons. The zero-order valence-corrected chi connectivity index (χ0v) is 10.7. The number of nitriles is 1. The van der Waals surface area contributed by atoms with Crippen LogP contribution < -0.4 is 10.1 Å². The van der Waals surface area contributed by atoms with E-state index < -0.39 is 0 Å². The predicted molar refractivity (Wildman–Crippen MR) is 68.9 cm³/mol. The molecule has 1 aromatic carbocycles. The molecule has 0 spiro atoms. The second-order valence-corrected chi connectivity index (χ2v) is 4.13. The summed E-state index contributed by atoms with van der Waals surface area (Å²) in [5.74, 6) is 0.866. The summed E-state index contributed by atoms with van der Waals surface area (Å²) in [7, 11) is 1.66. The van der Waals surface area contributed by atoms with Crippen LogP contribution in [0.3, 0.4) is 0 Å². The predicted octanol–water partition coefficient (Wildman–Crippen LogP) is 3.04. The Morgan fingerprint density at radius 3 is 2.47 bits per heavy atom. The summed E-state index contributed by atoms with van der Waals surface area (Å²) in [4.78, 5) is 0. The fourth-order valence-electron chi connectivity index (χ4n) is 1.77. The smallest absolute Gasteiger partial charge is 0.118 e. The van der Waals surface area contributed by atoms with E-state index >= 15 is 0 Å². The van der Waals surface area contributed by atoms with Crippen LogP contribution in [0.2, 0.25) is 0 Å². The number of nitrogens with one attached hydrogen (secondary N) is 1. The van der Waals surface area contributed by atoms with Crippen LogP contribution in [0.25, 0.3) is 0 Å². The van der Waals surface area contributed by atoms with E-state index in [4.69, 9.17) is 10.00 Å². The van der Waals surface area contributed by atoms with Crippen LogP contribution in [0.15, 0.2) is 24.3 Å². The minimum atomic E-state index is 0.249. The highest BCUT2D eigenvalue weighted by molar-refractivity contribution is 5.28. The van der Waals surface area contributed by atoms with Crippen LogP contribution in [-0.2, 0) is 0 Å². The van der Waals surface area contributed by atoms with Gasteiger partial charge >= 0.3 is 0 Å². The van der Waals surface area contributed by atoms with Gasteiger partial charge in [0.05, 0.1) is 19.6 Å². The molecule has 1 rings (SSSR count). The van der Waals surface area contributed by atoms with Crippen molar-refractivity contribution in [3.05, 3.63) is 29.8 Å². The summed E-state index contributed by atoms with van der Waals surface area (Å²) in [5, 5.41) is 12.2. The molecule has 92 valence electrons. The molecule has 0 bridgehead atoms. The third-order valence-electron chi connectivity index (χ3n) is 2.93. The van der Waals surface area contributed by atoms with Gasteiger partial charge in [-0.1, -0.05) is 19.1 Å². The lowest BCUT2D eigenvalue weighted by Crippen LogP contribution is -2.30. The fraction of sp³-hybridized carbons (Fsp3) is 0.500. The minimum absolute atomic E-state index is 0.249. The van der Waals surface area contributed by atoms with Gasteiger partial charge in [-0.25, -0.2) is 0 Å². The van der Waals surface area contributed by atoms with E-state index in [2.05, 4.69) is 37.4 Å². The summed E-state index contributed by atoms with van der Waals surface area (Å²) in [6, 6.07) is 10.7. The average molecular weight is 232 g/mol. The molecule has 0 aliphatic rings. The minimum Gasteiger partial charge on any atom is -0.497 e. The second kappa shape index (κ2) is 6.93. The maximum atomic E-state index is 8.71. The highest BCUT2D eigenvalue weighted by Crippen LogP contribution is 2.18. The number of rotatable bonds is 6. The standard InChI is InChI=1S/C14H20N2O/c1-4-13(9-10-15)16-11(2)12-5-7-14(17-3)8-6-12/h5-8,11,13,16H,4,9H2,1-3H3. The molecule has 0 aromatic heterocycles. The average Bonchev–Trinajstić information content (AvgIpc) is 2.38. The molecular weight excluding hydrogens is 212 g/mol. The summed E-state index contributed by atoms with van der Waals surface area (Å²) >= 11 is 0. The number of benzene rings is 1. The van der Waals surface area contributed by atoms with E-state index in [1.165, 1.54) is 5.56 Å². The van der Waals surface area contributed by atoms with Crippen molar-refractivity contribution in [2.45, 2.75) is 38.8 Å². The van der Waals surface area contributed by atoms with Gasteiger partial charge < -0.3 is 10.1 Å². The molecule has 0 aliphatic carbocycles. The molecule has 1 N–H and O–H groups in total. The van der Waals surface area contributed by atoms with Crippen LogP contribution >= 0.6 is 0 Å². The van der Waals surface area contributed by atoms with Crippen molar-refractivity contribution in [3.8, 4) is 11.8 Å². The van der Waals surface area contributed by atoms with Crippen LogP contribution in [0.1, 0.15) is 38.3 Å². The molecule has 0 saturated carbocycles. The van der Waals surface area contributed by atoms with Gasteiger partial charge in [-0.3, -0.25) is 0 Å². The molecule has 17 heavy (non-hydrogen) atoms. The van der Waals surface area contributed by atoms with Crippen molar-refractivity contribution in [1.29, 1.82) is 5.26 Å². The monoisotopic (exact) mass is 232 g/mol. The zero-order chi connectivity index (χ0) is 12.7. The van der Waals surface area contributed by atoms with E-state index in [9.17, 15) is 0 Å².